The van der Waals surface area contributed by atoms with Gasteiger partial charge in [0.05, 0.1) is 5.27 Å². The van der Waals surface area contributed by atoms with E-state index in [9.17, 15) is 0 Å². The summed E-state index contributed by atoms with van der Waals surface area (Å²) in [6, 6.07) is 1.86. The summed E-state index contributed by atoms with van der Waals surface area (Å²) in [6.07, 6.45) is 3.45. The Bertz CT molecular complexity index is 360. The lowest BCUT2D eigenvalue weighted by molar-refractivity contribution is 0.260. The summed E-state index contributed by atoms with van der Waals surface area (Å²) < 4.78 is 6.19. The van der Waals surface area contributed by atoms with Crippen molar-refractivity contribution in [1.82, 2.24) is 14.9 Å². The third kappa shape index (κ3) is 0.500. The molecule has 10 heavy (non-hydrogen) atoms. The molecule has 0 fully saturated rings. The van der Waals surface area contributed by atoms with Crippen molar-refractivity contribution in [2.24, 2.45) is 0 Å². The number of hydrogen-bond donors (Lipinski definition) is 0. The summed E-state index contributed by atoms with van der Waals surface area (Å²) in [5, 5.41) is 7.08. The first-order valence-corrected chi connectivity index (χ1v) is 2.84. The molecule has 0 atom stereocenters. The summed E-state index contributed by atoms with van der Waals surface area (Å²) in [4.78, 5) is 0. The van der Waals surface area contributed by atoms with Crippen molar-refractivity contribution < 1.29 is 4.63 Å². The van der Waals surface area contributed by atoms with Gasteiger partial charge < -0.3 is 0 Å². The fraction of sp³-hybridized carbons (Fsp3) is 0. The highest BCUT2D eigenvalue weighted by atomic mass is 16.6. The third-order valence-electron chi connectivity index (χ3n) is 1.34. The Morgan fingerprint density at radius 2 is 2.60 bits per heavy atom. The van der Waals surface area contributed by atoms with Crippen LogP contribution in [-0.2, 0) is 0 Å². The van der Waals surface area contributed by atoms with E-state index in [-0.39, 0.29) is 0 Å². The number of nitrogens with zero attached hydrogens (tertiary/aromatic N) is 3. The summed E-state index contributed by atoms with van der Waals surface area (Å²) >= 11 is 0. The first-order chi connectivity index (χ1) is 4.92. The molecule has 2 aromatic rings. The van der Waals surface area contributed by atoms with E-state index in [1.807, 2.05) is 6.07 Å². The molecule has 0 unspecified atom stereocenters. The van der Waals surface area contributed by atoms with Crippen molar-refractivity contribution in [2.45, 2.75) is 0 Å². The maximum absolute atomic E-state index is 4.71. The minimum absolute atomic E-state index is 0.704. The van der Waals surface area contributed by atoms with E-state index in [4.69, 9.17) is 4.63 Å². The Morgan fingerprint density at radius 1 is 1.70 bits per heavy atom. The van der Waals surface area contributed by atoms with Gasteiger partial charge in [0.2, 0.25) is 5.65 Å². The van der Waals surface area contributed by atoms with Crippen molar-refractivity contribution in [3.8, 4) is 0 Å². The molecular formula is C6H5N3O. The summed E-state index contributed by atoms with van der Waals surface area (Å²) in [5.41, 5.74) is 1.64. The second-order valence-electron chi connectivity index (χ2n) is 1.89. The average molecular weight is 135 g/mol. The quantitative estimate of drug-likeness (QED) is 0.585. The topological polar surface area (TPSA) is 43.3 Å². The molecule has 2 rings (SSSR count). The molecule has 0 aliphatic heterocycles. The van der Waals surface area contributed by atoms with Crippen molar-refractivity contribution in [1.29, 1.82) is 0 Å². The van der Waals surface area contributed by atoms with Crippen LogP contribution in [0.25, 0.3) is 11.7 Å². The van der Waals surface area contributed by atoms with Crippen molar-refractivity contribution in [3.63, 3.8) is 0 Å². The van der Waals surface area contributed by atoms with Crippen LogP contribution in [0.15, 0.2) is 23.5 Å². The highest BCUT2D eigenvalue weighted by Gasteiger charge is 2.01. The van der Waals surface area contributed by atoms with Crippen LogP contribution >= 0.6 is 0 Å². The SMILES string of the molecule is C=Cc1ccn2onnc12. The minimum atomic E-state index is 0.704. The van der Waals surface area contributed by atoms with Gasteiger partial charge in [0.1, 0.15) is 0 Å². The predicted molar refractivity (Wildman–Crippen MR) is 35.3 cm³/mol. The van der Waals surface area contributed by atoms with E-state index in [0.717, 1.165) is 5.56 Å². The van der Waals surface area contributed by atoms with Crippen LogP contribution < -0.4 is 0 Å². The van der Waals surface area contributed by atoms with E-state index in [1.165, 1.54) is 4.57 Å². The molecule has 0 saturated carbocycles. The van der Waals surface area contributed by atoms with Gasteiger partial charge >= 0.3 is 0 Å². The standard InChI is InChI=1S/C6H5N3O/c1-2-5-3-4-9-6(5)7-8-10-9/h2-4H,1H2. The molecular weight excluding hydrogens is 130 g/mol. The molecule has 0 N–H and O–H groups in total. The van der Waals surface area contributed by atoms with Crippen LogP contribution in [0.4, 0.5) is 0 Å². The van der Waals surface area contributed by atoms with Crippen molar-refractivity contribution >= 4 is 11.7 Å². The van der Waals surface area contributed by atoms with Gasteiger partial charge in [-0.15, -0.1) is 4.57 Å². The predicted octanol–water partition coefficient (Wildman–Crippen LogP) is 0.965. The zero-order valence-corrected chi connectivity index (χ0v) is 5.19. The zero-order valence-electron chi connectivity index (χ0n) is 5.19. The average Bonchev–Trinajstić information content (AvgIpc) is 2.44. The van der Waals surface area contributed by atoms with Gasteiger partial charge in [-0.05, 0) is 6.07 Å². The first-order valence-electron chi connectivity index (χ1n) is 2.84. The van der Waals surface area contributed by atoms with E-state index in [1.54, 1.807) is 12.3 Å². The van der Waals surface area contributed by atoms with Crippen LogP contribution in [-0.4, -0.2) is 14.9 Å². The Balaban J connectivity index is 2.88. The van der Waals surface area contributed by atoms with Gasteiger partial charge in [-0.25, -0.2) is 4.63 Å². The fourth-order valence-electron chi connectivity index (χ4n) is 0.844. The lowest BCUT2D eigenvalue weighted by Crippen LogP contribution is -1.72. The molecule has 4 heteroatoms. The molecule has 2 aromatic heterocycles. The summed E-state index contributed by atoms with van der Waals surface area (Å²) in [5.74, 6) is 0. The highest BCUT2D eigenvalue weighted by molar-refractivity contribution is 5.63. The molecule has 0 saturated heterocycles. The lowest BCUT2D eigenvalue weighted by atomic mass is 10.3. The van der Waals surface area contributed by atoms with Crippen LogP contribution in [0, 0.1) is 0 Å². The maximum atomic E-state index is 4.71. The van der Waals surface area contributed by atoms with E-state index in [0.29, 0.717) is 5.65 Å². The molecule has 50 valence electrons. The smallest absolute Gasteiger partial charge is 0.203 e. The zero-order chi connectivity index (χ0) is 6.97. The van der Waals surface area contributed by atoms with Crippen LogP contribution in [0.3, 0.4) is 0 Å². The van der Waals surface area contributed by atoms with Gasteiger partial charge in [-0.1, -0.05) is 17.8 Å². The molecule has 4 nitrogen and oxygen atoms in total. The number of rotatable bonds is 1. The van der Waals surface area contributed by atoms with Crippen LogP contribution in [0.5, 0.6) is 0 Å². The van der Waals surface area contributed by atoms with Gasteiger partial charge in [0.15, 0.2) is 0 Å². The monoisotopic (exact) mass is 135 g/mol. The van der Waals surface area contributed by atoms with E-state index in [2.05, 4.69) is 16.9 Å². The van der Waals surface area contributed by atoms with Gasteiger partial charge in [0.25, 0.3) is 0 Å². The first kappa shape index (κ1) is 5.22. The van der Waals surface area contributed by atoms with E-state index < -0.39 is 0 Å². The van der Waals surface area contributed by atoms with Gasteiger partial charge in [-0.3, -0.25) is 0 Å². The molecule has 0 aliphatic carbocycles. The molecule has 0 bridgehead atoms. The molecule has 0 amide bonds. The number of fused-ring (bicyclic) bond motifs is 1. The Morgan fingerprint density at radius 3 is 3.40 bits per heavy atom. The number of aromatic nitrogens is 3. The number of hydrogen-bond acceptors (Lipinski definition) is 3. The third-order valence-corrected chi connectivity index (χ3v) is 1.34. The second kappa shape index (κ2) is 1.70. The molecule has 0 aromatic carbocycles. The van der Waals surface area contributed by atoms with Crippen molar-refractivity contribution in [2.75, 3.05) is 0 Å². The summed E-state index contributed by atoms with van der Waals surface area (Å²) in [7, 11) is 0. The minimum Gasteiger partial charge on any atom is -0.241 e. The normalized spacial score (nSPS) is 10.4. The van der Waals surface area contributed by atoms with Crippen LogP contribution in [0.1, 0.15) is 5.56 Å². The van der Waals surface area contributed by atoms with E-state index >= 15 is 0 Å². The molecule has 0 radical (unpaired) electrons. The van der Waals surface area contributed by atoms with Crippen molar-refractivity contribution in [3.05, 3.63) is 24.4 Å². The summed E-state index contributed by atoms with van der Waals surface area (Å²) in [6.45, 7) is 3.61. The Hall–Kier alpha value is -1.58. The molecule has 0 aliphatic rings. The maximum Gasteiger partial charge on any atom is 0.203 e. The molecule has 2 heterocycles. The Labute approximate surface area is 56.7 Å². The highest BCUT2D eigenvalue weighted by Crippen LogP contribution is 2.08. The van der Waals surface area contributed by atoms with Crippen LogP contribution in [0.2, 0.25) is 0 Å². The van der Waals surface area contributed by atoms with Gasteiger partial charge in [0, 0.05) is 11.8 Å². The Kier molecular flexibility index (Phi) is 0.887. The lowest BCUT2D eigenvalue weighted by Gasteiger charge is -1.76. The van der Waals surface area contributed by atoms with Gasteiger partial charge in [-0.2, -0.15) is 0 Å². The second-order valence-corrected chi connectivity index (χ2v) is 1.89. The fourth-order valence-corrected chi connectivity index (χ4v) is 0.844. The largest absolute Gasteiger partial charge is 0.241 e. The molecule has 0 spiro atoms.